The Labute approximate surface area is 104 Å². The van der Waals surface area contributed by atoms with Gasteiger partial charge in [-0.05, 0) is 11.2 Å². The lowest BCUT2D eigenvalue weighted by Crippen LogP contribution is -1.98. The van der Waals surface area contributed by atoms with E-state index in [1.54, 1.807) is 12.3 Å². The first-order valence-electron chi connectivity index (χ1n) is 4.86. The van der Waals surface area contributed by atoms with Crippen LogP contribution in [0.5, 0.6) is 0 Å². The van der Waals surface area contributed by atoms with Crippen molar-refractivity contribution in [3.05, 3.63) is 29.3 Å². The number of aromatic amines is 1. The number of hydrogen-bond donors (Lipinski definition) is 2. The van der Waals surface area contributed by atoms with E-state index in [1.165, 1.54) is 6.20 Å². The van der Waals surface area contributed by atoms with Crippen molar-refractivity contribution in [1.82, 2.24) is 20.1 Å². The summed E-state index contributed by atoms with van der Waals surface area (Å²) in [4.78, 5) is 21.4. The maximum Gasteiger partial charge on any atom is 0.377 e. The Hall–Kier alpha value is -2.41. The second kappa shape index (κ2) is 3.81. The van der Waals surface area contributed by atoms with Gasteiger partial charge in [0, 0.05) is 17.8 Å². The van der Waals surface area contributed by atoms with Crippen LogP contribution in [-0.4, -0.2) is 31.2 Å². The first-order chi connectivity index (χ1) is 8.66. The van der Waals surface area contributed by atoms with Gasteiger partial charge in [-0.1, -0.05) is 11.6 Å². The number of carboxylic acid groups (broad SMARTS) is 1. The molecule has 0 aliphatic rings. The summed E-state index contributed by atoms with van der Waals surface area (Å²) in [5.41, 5.74) is 1.02. The van der Waals surface area contributed by atoms with E-state index in [4.69, 9.17) is 21.2 Å². The topological polar surface area (TPSA) is 105 Å². The van der Waals surface area contributed by atoms with Gasteiger partial charge in [-0.3, -0.25) is 0 Å². The Bertz CT molecular complexity index is 749. The van der Waals surface area contributed by atoms with Crippen molar-refractivity contribution < 1.29 is 14.4 Å². The van der Waals surface area contributed by atoms with E-state index in [0.29, 0.717) is 21.6 Å². The SMILES string of the molecule is O=C(O)c1noc(-c2cnc3[nH]ccc3c2Cl)n1. The molecule has 90 valence electrons. The molecule has 0 bridgehead atoms. The van der Waals surface area contributed by atoms with Crippen molar-refractivity contribution in [2.24, 2.45) is 0 Å². The number of nitrogens with zero attached hydrogens (tertiary/aromatic N) is 3. The standard InChI is InChI=1S/C10H5ClN4O3/c11-6-4-1-2-12-7(4)13-3-5(6)9-14-8(10(16)17)15-18-9/h1-3H,(H,12,13)(H,16,17). The van der Waals surface area contributed by atoms with Crippen LogP contribution in [0.2, 0.25) is 5.02 Å². The molecule has 0 fully saturated rings. The van der Waals surface area contributed by atoms with Crippen LogP contribution in [-0.2, 0) is 0 Å². The molecule has 8 heteroatoms. The highest BCUT2D eigenvalue weighted by Crippen LogP contribution is 2.31. The molecule has 2 N–H and O–H groups in total. The molecule has 3 aromatic heterocycles. The molecule has 0 amide bonds. The molecule has 0 radical (unpaired) electrons. The molecule has 3 rings (SSSR count). The Morgan fingerprint density at radius 3 is 3.06 bits per heavy atom. The van der Waals surface area contributed by atoms with Crippen LogP contribution in [0.4, 0.5) is 0 Å². The number of hydrogen-bond acceptors (Lipinski definition) is 5. The second-order valence-electron chi connectivity index (χ2n) is 3.45. The molecular weight excluding hydrogens is 260 g/mol. The van der Waals surface area contributed by atoms with E-state index in [-0.39, 0.29) is 5.89 Å². The van der Waals surface area contributed by atoms with Crippen LogP contribution in [0.3, 0.4) is 0 Å². The minimum atomic E-state index is -1.27. The molecule has 18 heavy (non-hydrogen) atoms. The monoisotopic (exact) mass is 264 g/mol. The van der Waals surface area contributed by atoms with Crippen molar-refractivity contribution in [1.29, 1.82) is 0 Å². The zero-order valence-electron chi connectivity index (χ0n) is 8.72. The summed E-state index contributed by atoms with van der Waals surface area (Å²) in [5.74, 6) is -1.67. The summed E-state index contributed by atoms with van der Waals surface area (Å²) >= 11 is 6.17. The quantitative estimate of drug-likeness (QED) is 0.733. The molecule has 0 atom stereocenters. The summed E-state index contributed by atoms with van der Waals surface area (Å²) in [7, 11) is 0. The van der Waals surface area contributed by atoms with E-state index in [2.05, 4.69) is 20.1 Å². The van der Waals surface area contributed by atoms with Gasteiger partial charge in [0.25, 0.3) is 11.7 Å². The number of halogens is 1. The lowest BCUT2D eigenvalue weighted by atomic mass is 10.2. The number of H-pyrrole nitrogens is 1. The Balaban J connectivity index is 2.18. The fourth-order valence-corrected chi connectivity index (χ4v) is 1.83. The third-order valence-electron chi connectivity index (χ3n) is 2.37. The highest BCUT2D eigenvalue weighted by Gasteiger charge is 2.18. The second-order valence-corrected chi connectivity index (χ2v) is 3.83. The molecule has 0 aliphatic carbocycles. The molecule has 0 aromatic carbocycles. The fraction of sp³-hybridized carbons (Fsp3) is 0. The molecule has 0 spiro atoms. The van der Waals surface area contributed by atoms with Crippen molar-refractivity contribution >= 4 is 28.6 Å². The lowest BCUT2D eigenvalue weighted by molar-refractivity contribution is 0.0680. The van der Waals surface area contributed by atoms with Crippen LogP contribution in [0.25, 0.3) is 22.5 Å². The van der Waals surface area contributed by atoms with Gasteiger partial charge in [-0.25, -0.2) is 9.78 Å². The predicted molar refractivity (Wildman–Crippen MR) is 61.4 cm³/mol. The van der Waals surface area contributed by atoms with Crippen LogP contribution < -0.4 is 0 Å². The Morgan fingerprint density at radius 2 is 2.33 bits per heavy atom. The van der Waals surface area contributed by atoms with Crippen molar-refractivity contribution in [3.63, 3.8) is 0 Å². The van der Waals surface area contributed by atoms with E-state index in [0.717, 1.165) is 0 Å². The molecule has 0 aliphatic heterocycles. The molecule has 3 heterocycles. The van der Waals surface area contributed by atoms with Gasteiger partial charge in [0.15, 0.2) is 0 Å². The van der Waals surface area contributed by atoms with E-state index >= 15 is 0 Å². The zero-order chi connectivity index (χ0) is 12.7. The van der Waals surface area contributed by atoms with Gasteiger partial charge < -0.3 is 14.6 Å². The van der Waals surface area contributed by atoms with E-state index < -0.39 is 11.8 Å². The smallest absolute Gasteiger partial charge is 0.377 e. The number of rotatable bonds is 2. The minimum Gasteiger partial charge on any atom is -0.475 e. The average Bonchev–Trinajstić information content (AvgIpc) is 2.97. The number of pyridine rings is 1. The van der Waals surface area contributed by atoms with Crippen molar-refractivity contribution in [3.8, 4) is 11.5 Å². The summed E-state index contributed by atoms with van der Waals surface area (Å²) in [6.07, 6.45) is 3.14. The van der Waals surface area contributed by atoms with E-state index in [9.17, 15) is 4.79 Å². The first kappa shape index (κ1) is 10.7. The number of aromatic carboxylic acids is 1. The molecule has 7 nitrogen and oxygen atoms in total. The Morgan fingerprint density at radius 1 is 1.50 bits per heavy atom. The molecule has 0 unspecified atom stereocenters. The van der Waals surface area contributed by atoms with Crippen LogP contribution in [0.15, 0.2) is 23.0 Å². The minimum absolute atomic E-state index is 0.0213. The molecular formula is C10H5ClN4O3. The number of carbonyl (C=O) groups is 1. The molecule has 0 saturated carbocycles. The maximum absolute atomic E-state index is 10.7. The van der Waals surface area contributed by atoms with Crippen molar-refractivity contribution in [2.45, 2.75) is 0 Å². The number of carboxylic acids is 1. The van der Waals surface area contributed by atoms with Gasteiger partial charge in [0.2, 0.25) is 0 Å². The van der Waals surface area contributed by atoms with Gasteiger partial charge in [0.05, 0.1) is 10.6 Å². The highest BCUT2D eigenvalue weighted by molar-refractivity contribution is 6.37. The Kier molecular flexibility index (Phi) is 2.27. The zero-order valence-corrected chi connectivity index (χ0v) is 9.47. The first-order valence-corrected chi connectivity index (χ1v) is 5.23. The largest absolute Gasteiger partial charge is 0.475 e. The summed E-state index contributed by atoms with van der Waals surface area (Å²) in [6.45, 7) is 0. The number of aromatic nitrogens is 4. The van der Waals surface area contributed by atoms with Crippen molar-refractivity contribution in [2.75, 3.05) is 0 Å². The predicted octanol–water partition coefficient (Wildman–Crippen LogP) is 1.96. The highest BCUT2D eigenvalue weighted by atomic mass is 35.5. The number of nitrogens with one attached hydrogen (secondary N) is 1. The van der Waals surface area contributed by atoms with Gasteiger partial charge in [-0.2, -0.15) is 4.98 Å². The summed E-state index contributed by atoms with van der Waals surface area (Å²) in [5, 5.41) is 13.1. The van der Waals surface area contributed by atoms with Crippen LogP contribution in [0.1, 0.15) is 10.6 Å². The van der Waals surface area contributed by atoms with Crippen LogP contribution >= 0.6 is 11.6 Å². The van der Waals surface area contributed by atoms with E-state index in [1.807, 2.05) is 0 Å². The van der Waals surface area contributed by atoms with Gasteiger partial charge in [-0.15, -0.1) is 0 Å². The lowest BCUT2D eigenvalue weighted by Gasteiger charge is -1.98. The van der Waals surface area contributed by atoms with Crippen LogP contribution in [0, 0.1) is 0 Å². The summed E-state index contributed by atoms with van der Waals surface area (Å²) in [6, 6.07) is 1.75. The third kappa shape index (κ3) is 1.52. The fourth-order valence-electron chi connectivity index (χ4n) is 1.54. The molecule has 0 saturated heterocycles. The third-order valence-corrected chi connectivity index (χ3v) is 2.78. The van der Waals surface area contributed by atoms with Gasteiger partial charge >= 0.3 is 5.97 Å². The normalized spacial score (nSPS) is 10.9. The summed E-state index contributed by atoms with van der Waals surface area (Å²) < 4.78 is 4.84. The van der Waals surface area contributed by atoms with Gasteiger partial charge in [0.1, 0.15) is 5.65 Å². The maximum atomic E-state index is 10.7. The molecule has 3 aromatic rings. The number of fused-ring (bicyclic) bond motifs is 1. The average molecular weight is 265 g/mol.